The Hall–Kier alpha value is -4.74. The van der Waals surface area contributed by atoms with E-state index >= 15 is 0 Å². The molecule has 0 bridgehead atoms. The van der Waals surface area contributed by atoms with Crippen LogP contribution in [0, 0.1) is 0 Å². The van der Waals surface area contributed by atoms with Crippen LogP contribution in [0.25, 0.3) is 0 Å². The number of hydrogen-bond acceptors (Lipinski definition) is 5. The Labute approximate surface area is 544 Å². The molecule has 1 atom stereocenters. The molecule has 0 aliphatic heterocycles. The molecule has 5 heteroatoms. The van der Waals surface area contributed by atoms with E-state index in [1.807, 2.05) is 0 Å². The first kappa shape index (κ1) is 83.3. The largest absolute Gasteiger partial charge is 0.462 e. The summed E-state index contributed by atoms with van der Waals surface area (Å²) in [5, 5.41) is 9.71. The molecule has 1 N–H and O–H groups in total. The molecule has 0 aliphatic rings. The molecule has 498 valence electrons. The van der Waals surface area contributed by atoms with Gasteiger partial charge in [-0.3, -0.25) is 9.59 Å². The Morgan fingerprint density at radius 2 is 0.455 bits per heavy atom. The predicted molar refractivity (Wildman–Crippen MR) is 389 cm³/mol. The molecule has 0 fully saturated rings. The summed E-state index contributed by atoms with van der Waals surface area (Å²) in [5.41, 5.74) is 0. The lowest BCUT2D eigenvalue weighted by molar-refractivity contribution is -0.161. The Kier molecular flexibility index (Phi) is 72.4. The number of allylic oxidation sites excluding steroid dienone is 28. The van der Waals surface area contributed by atoms with Crippen molar-refractivity contribution in [1.82, 2.24) is 0 Å². The highest BCUT2D eigenvalue weighted by molar-refractivity contribution is 5.70. The summed E-state index contributed by atoms with van der Waals surface area (Å²) >= 11 is 0. The quantitative estimate of drug-likeness (QED) is 0.0373. The van der Waals surface area contributed by atoms with Crippen molar-refractivity contribution in [2.24, 2.45) is 0 Å². The van der Waals surface area contributed by atoms with E-state index in [4.69, 9.17) is 9.47 Å². The second-order valence-electron chi connectivity index (χ2n) is 23.9. The normalized spacial score (nSPS) is 13.3. The minimum atomic E-state index is -0.798. The average molecular weight is 1210 g/mol. The smallest absolute Gasteiger partial charge is 0.306 e. The lowest BCUT2D eigenvalue weighted by atomic mass is 10.0. The maximum absolute atomic E-state index is 12.4. The van der Waals surface area contributed by atoms with Crippen molar-refractivity contribution in [3.05, 3.63) is 170 Å². The molecular weight excluding hydrogens is 1080 g/mol. The topological polar surface area (TPSA) is 72.8 Å². The van der Waals surface area contributed by atoms with Crippen molar-refractivity contribution in [2.45, 2.75) is 328 Å². The number of rotatable bonds is 66. The molecule has 88 heavy (non-hydrogen) atoms. The minimum absolute atomic E-state index is 0.0829. The zero-order valence-electron chi connectivity index (χ0n) is 57.2. The Bertz CT molecular complexity index is 1910. The van der Waals surface area contributed by atoms with Gasteiger partial charge >= 0.3 is 11.9 Å². The molecule has 0 rings (SSSR count). The van der Waals surface area contributed by atoms with Gasteiger partial charge in [0, 0.05) is 12.8 Å². The predicted octanol–water partition coefficient (Wildman–Crippen LogP) is 26.0. The van der Waals surface area contributed by atoms with Gasteiger partial charge in [-0.15, -0.1) is 0 Å². The summed E-state index contributed by atoms with van der Waals surface area (Å²) in [6, 6.07) is 0. The van der Waals surface area contributed by atoms with Crippen LogP contribution in [-0.4, -0.2) is 36.4 Å². The van der Waals surface area contributed by atoms with E-state index in [1.165, 1.54) is 154 Å². The van der Waals surface area contributed by atoms with Crippen LogP contribution < -0.4 is 0 Å². The molecule has 0 heterocycles. The summed E-state index contributed by atoms with van der Waals surface area (Å²) < 4.78 is 10.7. The number of hydrogen-bond donors (Lipinski definition) is 1. The van der Waals surface area contributed by atoms with Gasteiger partial charge < -0.3 is 14.6 Å². The number of ether oxygens (including phenoxy) is 2. The number of aliphatic hydroxyl groups excluding tert-OH is 1. The van der Waals surface area contributed by atoms with Crippen molar-refractivity contribution in [3.8, 4) is 0 Å². The average Bonchev–Trinajstić information content (AvgIpc) is 3.54. The zero-order valence-corrected chi connectivity index (χ0v) is 57.2. The van der Waals surface area contributed by atoms with Gasteiger partial charge in [0.15, 0.2) is 6.10 Å². The standard InChI is InChI=1S/C83H136O5/c1-3-5-7-9-11-13-15-17-19-21-23-25-27-29-31-33-35-37-39-40-41-42-44-45-47-49-51-53-55-57-59-61-63-65-67-69-71-73-75-77-82(85)87-80-81(79-84)88-83(86)78-76-74-72-70-68-66-64-62-60-58-56-54-52-50-48-46-43-38-36-34-32-30-28-26-24-22-20-18-16-14-12-10-8-6-4-2/h5-8,11-14,17-20,23-26,30,32,36,38,46,48,52,54,58,60,64,66,81,84H,3-4,9-10,15-16,21-22,27-29,31,33-35,37,39-45,47,49-51,53,55-57,59,61-63,65,67-80H2,1-2H3/b7-5-,8-6-,13-11-,14-12-,19-17-,20-18-,25-23-,26-24-,32-30-,38-36-,48-46-,54-52-,60-58-,66-64-. The van der Waals surface area contributed by atoms with Crippen LogP contribution in [0.4, 0.5) is 0 Å². The molecule has 1 unspecified atom stereocenters. The SMILES string of the molecule is CC/C=C\C/C=C\C/C=C\C/C=C\C/C=C\C/C=C\C/C=C\C/C=C\C/C=C\C/C=C\CCCCCCC(=O)OC(CO)COC(=O)CCCCCCCCCCCCCCCCCCCCCCCCCCCC/C=C\C/C=C\C/C=C\C/C=C\CC. The first-order chi connectivity index (χ1) is 43.6. The molecule has 0 radical (unpaired) electrons. The monoisotopic (exact) mass is 1210 g/mol. The second kappa shape index (κ2) is 76.5. The lowest BCUT2D eigenvalue weighted by Crippen LogP contribution is -2.28. The maximum Gasteiger partial charge on any atom is 0.306 e. The summed E-state index contributed by atoms with van der Waals surface area (Å²) in [4.78, 5) is 24.7. The molecule has 0 aromatic rings. The third-order valence-corrected chi connectivity index (χ3v) is 15.5. The van der Waals surface area contributed by atoms with Gasteiger partial charge in [-0.25, -0.2) is 0 Å². The van der Waals surface area contributed by atoms with Gasteiger partial charge in [0.25, 0.3) is 0 Å². The van der Waals surface area contributed by atoms with Crippen molar-refractivity contribution in [1.29, 1.82) is 0 Å². The number of esters is 2. The van der Waals surface area contributed by atoms with E-state index in [1.54, 1.807) is 0 Å². The molecule has 0 saturated heterocycles. The van der Waals surface area contributed by atoms with Gasteiger partial charge in [0.05, 0.1) is 6.61 Å². The molecule has 0 aromatic heterocycles. The third kappa shape index (κ3) is 73.7. The molecule has 5 nitrogen and oxygen atoms in total. The number of unbranched alkanes of at least 4 members (excludes halogenated alkanes) is 30. The number of aliphatic hydroxyl groups is 1. The summed E-state index contributed by atoms with van der Waals surface area (Å²) in [6.45, 7) is 3.91. The van der Waals surface area contributed by atoms with Gasteiger partial charge in [0.2, 0.25) is 0 Å². The van der Waals surface area contributed by atoms with Gasteiger partial charge in [-0.1, -0.05) is 351 Å². The molecule has 0 spiro atoms. The van der Waals surface area contributed by atoms with Crippen LogP contribution in [0.15, 0.2) is 170 Å². The van der Waals surface area contributed by atoms with Gasteiger partial charge in [0.1, 0.15) is 6.61 Å². The first-order valence-corrected chi connectivity index (χ1v) is 36.7. The van der Waals surface area contributed by atoms with Crippen molar-refractivity contribution in [3.63, 3.8) is 0 Å². The number of carbonyl (C=O) groups excluding carboxylic acids is 2. The third-order valence-electron chi connectivity index (χ3n) is 15.5. The van der Waals surface area contributed by atoms with E-state index in [9.17, 15) is 14.7 Å². The second-order valence-corrected chi connectivity index (χ2v) is 23.9. The van der Waals surface area contributed by atoms with E-state index in [-0.39, 0.29) is 25.2 Å². The van der Waals surface area contributed by atoms with Crippen LogP contribution >= 0.6 is 0 Å². The van der Waals surface area contributed by atoms with Crippen LogP contribution in [0.1, 0.15) is 322 Å². The minimum Gasteiger partial charge on any atom is -0.462 e. The van der Waals surface area contributed by atoms with Gasteiger partial charge in [-0.05, 0) is 128 Å². The Balaban J connectivity index is 3.53. The lowest BCUT2D eigenvalue weighted by Gasteiger charge is -2.15. The molecule has 0 amide bonds. The highest BCUT2D eigenvalue weighted by Gasteiger charge is 2.16. The first-order valence-electron chi connectivity index (χ1n) is 36.7. The highest BCUT2D eigenvalue weighted by Crippen LogP contribution is 2.17. The molecule has 0 aliphatic carbocycles. The molecule has 0 aromatic carbocycles. The zero-order chi connectivity index (χ0) is 63.3. The van der Waals surface area contributed by atoms with Crippen molar-refractivity contribution < 1.29 is 24.2 Å². The van der Waals surface area contributed by atoms with E-state index in [0.717, 1.165) is 141 Å². The van der Waals surface area contributed by atoms with Crippen LogP contribution in [0.5, 0.6) is 0 Å². The Morgan fingerprint density at radius 3 is 0.682 bits per heavy atom. The van der Waals surface area contributed by atoms with Crippen LogP contribution in [-0.2, 0) is 19.1 Å². The fraction of sp³-hybridized carbons (Fsp3) is 0.639. The van der Waals surface area contributed by atoms with Crippen LogP contribution in [0.3, 0.4) is 0 Å². The fourth-order valence-corrected chi connectivity index (χ4v) is 10.1. The Morgan fingerprint density at radius 1 is 0.261 bits per heavy atom. The highest BCUT2D eigenvalue weighted by atomic mass is 16.6. The van der Waals surface area contributed by atoms with E-state index in [0.29, 0.717) is 12.8 Å². The van der Waals surface area contributed by atoms with E-state index in [2.05, 4.69) is 184 Å². The van der Waals surface area contributed by atoms with Gasteiger partial charge in [-0.2, -0.15) is 0 Å². The summed E-state index contributed by atoms with van der Waals surface area (Å²) in [6.07, 6.45) is 118. The van der Waals surface area contributed by atoms with Crippen molar-refractivity contribution in [2.75, 3.05) is 13.2 Å². The molecule has 0 saturated carbocycles. The summed E-state index contributed by atoms with van der Waals surface area (Å²) in [5.74, 6) is -0.619. The van der Waals surface area contributed by atoms with Crippen LogP contribution in [0.2, 0.25) is 0 Å². The van der Waals surface area contributed by atoms with Crippen molar-refractivity contribution >= 4 is 11.9 Å². The molecular formula is C83H136O5. The fourth-order valence-electron chi connectivity index (χ4n) is 10.1. The van der Waals surface area contributed by atoms with E-state index < -0.39 is 6.10 Å². The summed E-state index contributed by atoms with van der Waals surface area (Å²) in [7, 11) is 0. The maximum atomic E-state index is 12.4. The number of carbonyl (C=O) groups is 2.